The normalized spacial score (nSPS) is 10.3. The van der Waals surface area contributed by atoms with Gasteiger partial charge < -0.3 is 15.2 Å². The lowest BCUT2D eigenvalue weighted by molar-refractivity contribution is -0.118. The molecule has 0 aromatic heterocycles. The molecule has 1 amide bonds. The molecule has 3 rings (SSSR count). The van der Waals surface area contributed by atoms with E-state index in [0.717, 1.165) is 18.2 Å². The van der Waals surface area contributed by atoms with Crippen LogP contribution in [0.3, 0.4) is 0 Å². The third-order valence-corrected chi connectivity index (χ3v) is 4.96. The Labute approximate surface area is 197 Å². The Hall–Kier alpha value is -4.29. The number of nitriles is 1. The molecule has 0 aliphatic rings. The number of nitrogens with one attached hydrogen (secondary N) is 1. The fraction of sp³-hybridized carbons (Fsp3) is 0.0833. The van der Waals surface area contributed by atoms with Gasteiger partial charge in [-0.05, 0) is 55.5 Å². The average Bonchev–Trinajstić information content (AvgIpc) is 2.80. The molecule has 0 atom stereocenters. The number of nitrogens with zero attached hydrogens (tertiary/aromatic N) is 1. The number of carboxylic acids is 1. The van der Waals surface area contributed by atoms with Crippen LogP contribution in [0, 0.1) is 29.9 Å². The molecular weight excluding hydrogens is 470 g/mol. The minimum atomic E-state index is -1.44. The van der Waals surface area contributed by atoms with E-state index in [2.05, 4.69) is 5.32 Å². The molecule has 172 valence electrons. The number of rotatable bonds is 7. The Morgan fingerprint density at radius 3 is 2.50 bits per heavy atom. The van der Waals surface area contributed by atoms with E-state index in [4.69, 9.17) is 26.7 Å². The van der Waals surface area contributed by atoms with Crippen molar-refractivity contribution in [3.63, 3.8) is 0 Å². The number of hydrogen-bond donors (Lipinski definition) is 2. The predicted octanol–water partition coefficient (Wildman–Crippen LogP) is 4.75. The van der Waals surface area contributed by atoms with Gasteiger partial charge in [0.25, 0.3) is 5.91 Å². The molecule has 0 saturated carbocycles. The number of amides is 1. The first-order chi connectivity index (χ1) is 16.1. The maximum absolute atomic E-state index is 14.2. The summed E-state index contributed by atoms with van der Waals surface area (Å²) >= 11 is 5.98. The zero-order chi connectivity index (χ0) is 25.0. The van der Waals surface area contributed by atoms with Gasteiger partial charge in [0.15, 0.2) is 12.4 Å². The maximum atomic E-state index is 14.2. The number of halogens is 3. The molecule has 10 heteroatoms. The van der Waals surface area contributed by atoms with Crippen molar-refractivity contribution in [3.8, 4) is 11.8 Å². The van der Waals surface area contributed by atoms with E-state index in [1.165, 1.54) is 37.3 Å². The van der Waals surface area contributed by atoms with E-state index in [9.17, 15) is 23.2 Å². The predicted molar refractivity (Wildman–Crippen MR) is 118 cm³/mol. The van der Waals surface area contributed by atoms with Crippen LogP contribution in [-0.4, -0.2) is 29.4 Å². The van der Waals surface area contributed by atoms with Crippen LogP contribution in [-0.2, 0) is 4.79 Å². The highest BCUT2D eigenvalue weighted by Gasteiger charge is 2.19. The van der Waals surface area contributed by atoms with Gasteiger partial charge in [-0.2, -0.15) is 5.26 Å². The summed E-state index contributed by atoms with van der Waals surface area (Å²) in [6.45, 7) is 0.721. The Morgan fingerprint density at radius 2 is 1.82 bits per heavy atom. The zero-order valence-corrected chi connectivity index (χ0v) is 18.2. The van der Waals surface area contributed by atoms with Gasteiger partial charge in [0.2, 0.25) is 0 Å². The maximum Gasteiger partial charge on any atom is 0.338 e. The number of carbonyl (C=O) groups excluding carboxylic acids is 2. The van der Waals surface area contributed by atoms with Gasteiger partial charge in [-0.25, -0.2) is 13.6 Å². The first-order valence-electron chi connectivity index (χ1n) is 9.60. The SMILES string of the molecule is Cc1c(NC(=O)COc2ccc(Cl)cc2C(=O)c2cc(F)cc(C#N)c2)ccc(C(=O)O)c1F. The fourth-order valence-electron chi connectivity index (χ4n) is 3.06. The van der Waals surface area contributed by atoms with Crippen LogP contribution in [0.15, 0.2) is 48.5 Å². The van der Waals surface area contributed by atoms with E-state index >= 15 is 0 Å². The second-order valence-corrected chi connectivity index (χ2v) is 7.49. The molecule has 3 aromatic carbocycles. The van der Waals surface area contributed by atoms with Crippen LogP contribution in [0.5, 0.6) is 5.75 Å². The molecule has 0 aliphatic heterocycles. The summed E-state index contributed by atoms with van der Waals surface area (Å²) in [6, 6.07) is 11.2. The second kappa shape index (κ2) is 10.1. The molecule has 0 unspecified atom stereocenters. The number of ketones is 1. The van der Waals surface area contributed by atoms with E-state index in [1.54, 1.807) is 6.07 Å². The minimum absolute atomic E-state index is 0.0311. The van der Waals surface area contributed by atoms with Gasteiger partial charge in [-0.3, -0.25) is 9.59 Å². The van der Waals surface area contributed by atoms with Crippen LogP contribution in [0.1, 0.15) is 37.4 Å². The number of aromatic carboxylic acids is 1. The van der Waals surface area contributed by atoms with Crippen molar-refractivity contribution in [2.45, 2.75) is 6.92 Å². The van der Waals surface area contributed by atoms with Crippen molar-refractivity contribution in [3.05, 3.63) is 93.0 Å². The largest absolute Gasteiger partial charge is 0.483 e. The van der Waals surface area contributed by atoms with E-state index in [1.807, 2.05) is 0 Å². The molecule has 34 heavy (non-hydrogen) atoms. The third kappa shape index (κ3) is 5.36. The summed E-state index contributed by atoms with van der Waals surface area (Å²) in [4.78, 5) is 36.3. The first-order valence-corrected chi connectivity index (χ1v) is 9.98. The first kappa shape index (κ1) is 24.4. The quantitative estimate of drug-likeness (QED) is 0.468. The van der Waals surface area contributed by atoms with Gasteiger partial charge in [0.1, 0.15) is 17.4 Å². The summed E-state index contributed by atoms with van der Waals surface area (Å²) in [5, 5.41) is 20.6. The van der Waals surface area contributed by atoms with Crippen LogP contribution in [0.2, 0.25) is 5.02 Å². The van der Waals surface area contributed by atoms with Gasteiger partial charge in [0, 0.05) is 21.8 Å². The molecule has 0 radical (unpaired) electrons. The molecule has 7 nitrogen and oxygen atoms in total. The van der Waals surface area contributed by atoms with Crippen molar-refractivity contribution < 1.29 is 33.0 Å². The zero-order valence-electron chi connectivity index (χ0n) is 17.5. The Kier molecular flexibility index (Phi) is 7.24. The summed E-state index contributed by atoms with van der Waals surface area (Å²) in [6.07, 6.45) is 0. The summed E-state index contributed by atoms with van der Waals surface area (Å²) in [7, 11) is 0. The molecule has 0 aliphatic carbocycles. The fourth-order valence-corrected chi connectivity index (χ4v) is 3.23. The van der Waals surface area contributed by atoms with Gasteiger partial charge in [0.05, 0.1) is 22.8 Å². The Bertz CT molecular complexity index is 1370. The molecule has 0 saturated heterocycles. The van der Waals surface area contributed by atoms with E-state index in [0.29, 0.717) is 0 Å². The lowest BCUT2D eigenvalue weighted by Gasteiger charge is -2.13. The number of anilines is 1. The molecule has 2 N–H and O–H groups in total. The molecule has 0 heterocycles. The lowest BCUT2D eigenvalue weighted by atomic mass is 10.0. The van der Waals surface area contributed by atoms with E-state index < -0.39 is 41.5 Å². The van der Waals surface area contributed by atoms with E-state index in [-0.39, 0.29) is 38.7 Å². The molecular formula is C24H15ClF2N2O5. The van der Waals surface area contributed by atoms with Crippen LogP contribution < -0.4 is 10.1 Å². The highest BCUT2D eigenvalue weighted by Crippen LogP contribution is 2.27. The monoisotopic (exact) mass is 484 g/mol. The second-order valence-electron chi connectivity index (χ2n) is 7.05. The van der Waals surface area contributed by atoms with Gasteiger partial charge >= 0.3 is 5.97 Å². The highest BCUT2D eigenvalue weighted by atomic mass is 35.5. The Balaban J connectivity index is 1.80. The minimum Gasteiger partial charge on any atom is -0.483 e. The number of hydrogen-bond acceptors (Lipinski definition) is 5. The highest BCUT2D eigenvalue weighted by molar-refractivity contribution is 6.31. The summed E-state index contributed by atoms with van der Waals surface area (Å²) in [5.41, 5.74) is -0.792. The number of benzene rings is 3. The van der Waals surface area contributed by atoms with Crippen LogP contribution in [0.4, 0.5) is 14.5 Å². The van der Waals surface area contributed by atoms with Crippen molar-refractivity contribution in [2.75, 3.05) is 11.9 Å². The van der Waals surface area contributed by atoms with Crippen molar-refractivity contribution in [2.24, 2.45) is 0 Å². The van der Waals surface area contributed by atoms with Gasteiger partial charge in [-0.1, -0.05) is 11.6 Å². The van der Waals surface area contributed by atoms with Crippen molar-refractivity contribution in [1.82, 2.24) is 0 Å². The van der Waals surface area contributed by atoms with Crippen LogP contribution >= 0.6 is 11.6 Å². The third-order valence-electron chi connectivity index (χ3n) is 4.72. The smallest absolute Gasteiger partial charge is 0.338 e. The van der Waals surface area contributed by atoms with Gasteiger partial charge in [-0.15, -0.1) is 0 Å². The number of carboxylic acid groups (broad SMARTS) is 1. The molecule has 3 aromatic rings. The number of ether oxygens (including phenoxy) is 1. The molecule has 0 spiro atoms. The summed E-state index contributed by atoms with van der Waals surface area (Å²) < 4.78 is 33.4. The summed E-state index contributed by atoms with van der Waals surface area (Å²) in [5.74, 6) is -4.63. The lowest BCUT2D eigenvalue weighted by Crippen LogP contribution is -2.22. The number of carbonyl (C=O) groups is 3. The van der Waals surface area contributed by atoms with Crippen LogP contribution in [0.25, 0.3) is 0 Å². The average molecular weight is 485 g/mol. The topological polar surface area (TPSA) is 116 Å². The molecule has 0 fully saturated rings. The Morgan fingerprint density at radius 1 is 1.09 bits per heavy atom. The molecule has 0 bridgehead atoms. The standard InChI is InChI=1S/C24H15ClF2N2O5/c1-12-19(4-3-17(22(12)27)24(32)33)29-21(30)11-34-20-5-2-15(25)9-18(20)23(31)14-6-13(10-28)7-16(26)8-14/h2-9H,11H2,1H3,(H,29,30)(H,32,33). The van der Waals surface area contributed by atoms with Crippen molar-refractivity contribution in [1.29, 1.82) is 5.26 Å². The van der Waals surface area contributed by atoms with Crippen molar-refractivity contribution >= 4 is 34.9 Å².